The molecule has 0 aliphatic rings. The van der Waals surface area contributed by atoms with Gasteiger partial charge < -0.3 is 15.4 Å². The average molecular weight is 380 g/mol. The minimum Gasteiger partial charge on any atom is -0.496 e. The van der Waals surface area contributed by atoms with E-state index >= 15 is 0 Å². The fraction of sp³-hybridized carbons (Fsp3) is 0.263. The molecule has 2 N–H and O–H groups in total. The maximum absolute atomic E-state index is 13.3. The van der Waals surface area contributed by atoms with E-state index in [-0.39, 0.29) is 17.8 Å². The van der Waals surface area contributed by atoms with Crippen molar-refractivity contribution in [2.24, 2.45) is 0 Å². The van der Waals surface area contributed by atoms with E-state index in [1.165, 1.54) is 20.1 Å². The number of nitrogens with one attached hydrogen (secondary N) is 2. The molecule has 0 unspecified atom stereocenters. The van der Waals surface area contributed by atoms with Crippen molar-refractivity contribution in [2.45, 2.75) is 26.4 Å². The maximum atomic E-state index is 13.3. The van der Waals surface area contributed by atoms with E-state index in [1.807, 2.05) is 13.0 Å². The summed E-state index contributed by atoms with van der Waals surface area (Å²) < 4.78 is 45.2. The number of ether oxygens (including phenoxy) is 1. The molecule has 5 nitrogen and oxygen atoms in total. The van der Waals surface area contributed by atoms with Gasteiger partial charge in [-0.25, -0.2) is 0 Å². The van der Waals surface area contributed by atoms with E-state index < -0.39 is 23.6 Å². The smallest absolute Gasteiger partial charge is 0.418 e. The molecular weight excluding hydrogens is 361 g/mol. The number of methoxy groups -OCH3 is 1. The molecule has 0 aromatic heterocycles. The molecule has 0 aliphatic carbocycles. The molecule has 0 bridgehead atoms. The van der Waals surface area contributed by atoms with Gasteiger partial charge in [-0.1, -0.05) is 17.7 Å². The highest BCUT2D eigenvalue weighted by Gasteiger charge is 2.34. The number of alkyl halides is 3. The molecule has 0 radical (unpaired) electrons. The van der Waals surface area contributed by atoms with Gasteiger partial charge in [0.05, 0.1) is 24.8 Å². The lowest BCUT2D eigenvalue weighted by Gasteiger charge is -2.16. The van der Waals surface area contributed by atoms with Crippen LogP contribution in [0.2, 0.25) is 0 Å². The van der Waals surface area contributed by atoms with E-state index in [4.69, 9.17) is 4.74 Å². The highest BCUT2D eigenvalue weighted by atomic mass is 19.4. The predicted molar refractivity (Wildman–Crippen MR) is 95.8 cm³/mol. The van der Waals surface area contributed by atoms with Crippen LogP contribution in [0.25, 0.3) is 0 Å². The lowest BCUT2D eigenvalue weighted by atomic mass is 10.1. The van der Waals surface area contributed by atoms with E-state index in [1.54, 1.807) is 12.1 Å². The summed E-state index contributed by atoms with van der Waals surface area (Å²) >= 11 is 0. The standard InChI is InChI=1S/C19H19F3N2O3/c1-11-4-7-17(27-3)13(8-11)9-18(26)24-16-6-5-14(23-12(2)25)10-15(16)19(20,21)22/h4-8,10H,9H2,1-3H3,(H,23,25)(H,24,26). The Morgan fingerprint density at radius 1 is 1.07 bits per heavy atom. The van der Waals surface area contributed by atoms with Gasteiger partial charge in [0.1, 0.15) is 5.75 Å². The van der Waals surface area contributed by atoms with Gasteiger partial charge in [0.2, 0.25) is 11.8 Å². The third-order valence-corrected chi connectivity index (χ3v) is 3.71. The summed E-state index contributed by atoms with van der Waals surface area (Å²) in [6.45, 7) is 3.03. The number of amides is 2. The van der Waals surface area contributed by atoms with Gasteiger partial charge in [0.15, 0.2) is 0 Å². The number of carbonyl (C=O) groups is 2. The number of benzene rings is 2. The van der Waals surface area contributed by atoms with Crippen LogP contribution in [0.3, 0.4) is 0 Å². The molecule has 2 aromatic carbocycles. The van der Waals surface area contributed by atoms with Gasteiger partial charge in [-0.3, -0.25) is 9.59 Å². The van der Waals surface area contributed by atoms with Crippen molar-refractivity contribution in [2.75, 3.05) is 17.7 Å². The zero-order chi connectivity index (χ0) is 20.2. The van der Waals surface area contributed by atoms with Crippen molar-refractivity contribution in [3.8, 4) is 5.75 Å². The van der Waals surface area contributed by atoms with Gasteiger partial charge in [-0.15, -0.1) is 0 Å². The Morgan fingerprint density at radius 3 is 2.37 bits per heavy atom. The molecule has 0 fully saturated rings. The minimum atomic E-state index is -4.70. The Morgan fingerprint density at radius 2 is 1.78 bits per heavy atom. The van der Waals surface area contributed by atoms with Crippen molar-refractivity contribution in [3.05, 3.63) is 53.1 Å². The Bertz CT molecular complexity index is 864. The summed E-state index contributed by atoms with van der Waals surface area (Å²) in [5.41, 5.74) is 0.0346. The first-order chi connectivity index (χ1) is 12.6. The van der Waals surface area contributed by atoms with Crippen LogP contribution in [-0.2, 0) is 22.2 Å². The largest absolute Gasteiger partial charge is 0.496 e. The van der Waals surface area contributed by atoms with Crippen molar-refractivity contribution in [3.63, 3.8) is 0 Å². The number of anilines is 2. The SMILES string of the molecule is COc1ccc(C)cc1CC(=O)Nc1ccc(NC(C)=O)cc1C(F)(F)F. The first kappa shape index (κ1) is 20.3. The lowest BCUT2D eigenvalue weighted by molar-refractivity contribution is -0.137. The van der Waals surface area contributed by atoms with Gasteiger partial charge in [-0.05, 0) is 31.2 Å². The van der Waals surface area contributed by atoms with Gasteiger partial charge in [0, 0.05) is 18.2 Å². The quantitative estimate of drug-likeness (QED) is 0.818. The summed E-state index contributed by atoms with van der Waals surface area (Å²) in [7, 11) is 1.45. The minimum absolute atomic E-state index is 0.00632. The summed E-state index contributed by atoms with van der Waals surface area (Å²) in [6, 6.07) is 8.43. The predicted octanol–water partition coefficient (Wildman–Crippen LogP) is 4.16. The normalized spacial score (nSPS) is 11.0. The molecule has 0 saturated carbocycles. The van der Waals surface area contributed by atoms with Crippen LogP contribution < -0.4 is 15.4 Å². The average Bonchev–Trinajstić information content (AvgIpc) is 2.55. The topological polar surface area (TPSA) is 67.4 Å². The maximum Gasteiger partial charge on any atom is 0.418 e. The Hall–Kier alpha value is -3.03. The first-order valence-corrected chi connectivity index (χ1v) is 8.02. The monoisotopic (exact) mass is 380 g/mol. The second kappa shape index (κ2) is 8.11. The summed E-state index contributed by atoms with van der Waals surface area (Å²) in [5, 5.41) is 4.58. The second-order valence-electron chi connectivity index (χ2n) is 5.98. The van der Waals surface area contributed by atoms with Crippen LogP contribution in [-0.4, -0.2) is 18.9 Å². The highest BCUT2D eigenvalue weighted by Crippen LogP contribution is 2.36. The van der Waals surface area contributed by atoms with Crippen molar-refractivity contribution in [1.29, 1.82) is 0 Å². The van der Waals surface area contributed by atoms with Crippen LogP contribution >= 0.6 is 0 Å². The number of rotatable bonds is 5. The van der Waals surface area contributed by atoms with E-state index in [0.717, 1.165) is 17.7 Å². The summed E-state index contributed by atoms with van der Waals surface area (Å²) in [4.78, 5) is 23.4. The molecule has 27 heavy (non-hydrogen) atoms. The van der Waals surface area contributed by atoms with Crippen LogP contribution in [0.1, 0.15) is 23.6 Å². The van der Waals surface area contributed by atoms with Gasteiger partial charge >= 0.3 is 6.18 Å². The summed E-state index contributed by atoms with van der Waals surface area (Å²) in [5.74, 6) is -0.629. The van der Waals surface area contributed by atoms with E-state index in [2.05, 4.69) is 10.6 Å². The molecule has 2 rings (SSSR count). The zero-order valence-electron chi connectivity index (χ0n) is 15.0. The number of halogens is 3. The molecule has 144 valence electrons. The molecule has 8 heteroatoms. The Kier molecular flexibility index (Phi) is 6.09. The van der Waals surface area contributed by atoms with Crippen molar-refractivity contribution < 1.29 is 27.5 Å². The molecule has 0 atom stereocenters. The van der Waals surface area contributed by atoms with Crippen LogP contribution in [0.4, 0.5) is 24.5 Å². The van der Waals surface area contributed by atoms with E-state index in [0.29, 0.717) is 11.3 Å². The number of hydrogen-bond donors (Lipinski definition) is 2. The molecule has 0 spiro atoms. The van der Waals surface area contributed by atoms with E-state index in [9.17, 15) is 22.8 Å². The highest BCUT2D eigenvalue weighted by molar-refractivity contribution is 5.94. The molecular formula is C19H19F3N2O3. The fourth-order valence-corrected chi connectivity index (χ4v) is 2.58. The van der Waals surface area contributed by atoms with Gasteiger partial charge in [0.25, 0.3) is 0 Å². The first-order valence-electron chi connectivity index (χ1n) is 8.02. The zero-order valence-corrected chi connectivity index (χ0v) is 15.0. The van der Waals surface area contributed by atoms with Crippen molar-refractivity contribution >= 4 is 23.2 Å². The van der Waals surface area contributed by atoms with Gasteiger partial charge in [-0.2, -0.15) is 13.2 Å². The van der Waals surface area contributed by atoms with Crippen LogP contribution in [0.5, 0.6) is 5.75 Å². The summed E-state index contributed by atoms with van der Waals surface area (Å²) in [6.07, 6.45) is -4.84. The third kappa shape index (κ3) is 5.47. The molecule has 0 saturated heterocycles. The fourth-order valence-electron chi connectivity index (χ4n) is 2.58. The third-order valence-electron chi connectivity index (χ3n) is 3.71. The van der Waals surface area contributed by atoms with Crippen LogP contribution in [0.15, 0.2) is 36.4 Å². The Balaban J connectivity index is 2.27. The lowest BCUT2D eigenvalue weighted by Crippen LogP contribution is -2.19. The number of hydrogen-bond acceptors (Lipinski definition) is 3. The van der Waals surface area contributed by atoms with Crippen molar-refractivity contribution in [1.82, 2.24) is 0 Å². The molecule has 2 amide bonds. The second-order valence-corrected chi connectivity index (χ2v) is 5.98. The van der Waals surface area contributed by atoms with Crippen LogP contribution in [0, 0.1) is 6.92 Å². The number of aryl methyl sites for hydroxylation is 1. The molecule has 0 aliphatic heterocycles. The molecule has 2 aromatic rings. The molecule has 0 heterocycles. The Labute approximate surface area is 154 Å². The number of carbonyl (C=O) groups excluding carboxylic acids is 2.